The van der Waals surface area contributed by atoms with Crippen molar-refractivity contribution >= 4 is 5.91 Å². The molecular formula is C13H22N4O. The Hall–Kier alpha value is -1.36. The van der Waals surface area contributed by atoms with Crippen LogP contribution in [0.4, 0.5) is 0 Å². The van der Waals surface area contributed by atoms with E-state index in [1.807, 2.05) is 7.05 Å². The molecule has 1 amide bonds. The standard InChI is InChI=1S/C13H22N4O/c1-4-9(2)8-17(3)13(18)12-10-7-14-6-5-11(10)15-16-12/h9,14H,4-8H2,1-3H3,(H,15,16). The van der Waals surface area contributed by atoms with Gasteiger partial charge in [-0.15, -0.1) is 0 Å². The van der Waals surface area contributed by atoms with Gasteiger partial charge in [-0.1, -0.05) is 20.3 Å². The molecule has 2 heterocycles. The lowest BCUT2D eigenvalue weighted by Gasteiger charge is -2.21. The van der Waals surface area contributed by atoms with Crippen molar-refractivity contribution in [2.75, 3.05) is 20.1 Å². The Kier molecular flexibility index (Phi) is 4.01. The zero-order chi connectivity index (χ0) is 13.1. The molecule has 0 bridgehead atoms. The van der Waals surface area contributed by atoms with E-state index in [2.05, 4.69) is 29.4 Å². The second kappa shape index (κ2) is 5.52. The lowest BCUT2D eigenvalue weighted by molar-refractivity contribution is 0.0767. The smallest absolute Gasteiger partial charge is 0.274 e. The van der Waals surface area contributed by atoms with Crippen LogP contribution < -0.4 is 5.32 Å². The lowest BCUT2D eigenvalue weighted by atomic mass is 10.1. The number of rotatable bonds is 4. The molecule has 1 unspecified atom stereocenters. The maximum atomic E-state index is 12.3. The van der Waals surface area contributed by atoms with Gasteiger partial charge in [-0.25, -0.2) is 0 Å². The van der Waals surface area contributed by atoms with Gasteiger partial charge in [-0.05, 0) is 5.92 Å². The molecule has 100 valence electrons. The van der Waals surface area contributed by atoms with Crippen molar-refractivity contribution < 1.29 is 4.79 Å². The Labute approximate surface area is 108 Å². The number of aromatic nitrogens is 2. The Morgan fingerprint density at radius 3 is 3.06 bits per heavy atom. The van der Waals surface area contributed by atoms with Gasteiger partial charge in [0, 0.05) is 44.4 Å². The molecular weight excluding hydrogens is 228 g/mol. The largest absolute Gasteiger partial charge is 0.340 e. The number of hydrogen-bond donors (Lipinski definition) is 2. The van der Waals surface area contributed by atoms with Crippen LogP contribution >= 0.6 is 0 Å². The molecule has 1 atom stereocenters. The molecule has 0 saturated carbocycles. The molecule has 1 aromatic heterocycles. The van der Waals surface area contributed by atoms with Crippen LogP contribution in [0.1, 0.15) is 42.0 Å². The average molecular weight is 250 g/mol. The SMILES string of the molecule is CCC(C)CN(C)C(=O)c1n[nH]c2c1CNCC2. The number of nitrogens with one attached hydrogen (secondary N) is 2. The van der Waals surface area contributed by atoms with Crippen LogP contribution in [0.2, 0.25) is 0 Å². The molecule has 0 saturated heterocycles. The Bertz CT molecular complexity index is 427. The number of amides is 1. The summed E-state index contributed by atoms with van der Waals surface area (Å²) in [4.78, 5) is 14.1. The first-order chi connectivity index (χ1) is 8.63. The summed E-state index contributed by atoms with van der Waals surface area (Å²) < 4.78 is 0. The van der Waals surface area contributed by atoms with Crippen molar-refractivity contribution in [1.82, 2.24) is 20.4 Å². The van der Waals surface area contributed by atoms with Gasteiger partial charge in [0.05, 0.1) is 0 Å². The maximum Gasteiger partial charge on any atom is 0.274 e. The summed E-state index contributed by atoms with van der Waals surface area (Å²) in [6.07, 6.45) is 2.00. The molecule has 0 aliphatic carbocycles. The fourth-order valence-electron chi connectivity index (χ4n) is 2.26. The van der Waals surface area contributed by atoms with E-state index in [9.17, 15) is 4.79 Å². The van der Waals surface area contributed by atoms with E-state index >= 15 is 0 Å². The average Bonchev–Trinajstić information content (AvgIpc) is 2.81. The van der Waals surface area contributed by atoms with Gasteiger partial charge >= 0.3 is 0 Å². The summed E-state index contributed by atoms with van der Waals surface area (Å²) in [5.74, 6) is 0.545. The molecule has 5 heteroatoms. The second-order valence-corrected chi connectivity index (χ2v) is 5.16. The van der Waals surface area contributed by atoms with Crippen LogP contribution in [0, 0.1) is 5.92 Å². The number of nitrogens with zero attached hydrogens (tertiary/aromatic N) is 2. The molecule has 0 fully saturated rings. The van der Waals surface area contributed by atoms with E-state index in [1.165, 1.54) is 0 Å². The van der Waals surface area contributed by atoms with Gasteiger partial charge in [-0.3, -0.25) is 9.89 Å². The highest BCUT2D eigenvalue weighted by atomic mass is 16.2. The zero-order valence-electron chi connectivity index (χ0n) is 11.4. The van der Waals surface area contributed by atoms with Gasteiger partial charge in [0.25, 0.3) is 5.91 Å². The van der Waals surface area contributed by atoms with Crippen molar-refractivity contribution in [3.8, 4) is 0 Å². The summed E-state index contributed by atoms with van der Waals surface area (Å²) in [6.45, 7) is 6.77. The quantitative estimate of drug-likeness (QED) is 0.843. The lowest BCUT2D eigenvalue weighted by Crippen LogP contribution is -2.33. The summed E-state index contributed by atoms with van der Waals surface area (Å²) in [5.41, 5.74) is 2.74. The molecule has 1 aliphatic rings. The van der Waals surface area contributed by atoms with Gasteiger partial charge < -0.3 is 10.2 Å². The summed E-state index contributed by atoms with van der Waals surface area (Å²) in [5, 5.41) is 10.5. The fourth-order valence-corrected chi connectivity index (χ4v) is 2.26. The maximum absolute atomic E-state index is 12.3. The van der Waals surface area contributed by atoms with Crippen LogP contribution in [-0.4, -0.2) is 41.1 Å². The minimum atomic E-state index is 0.0245. The van der Waals surface area contributed by atoms with Crippen molar-refractivity contribution in [3.63, 3.8) is 0 Å². The third kappa shape index (κ3) is 2.56. The number of carbonyl (C=O) groups excluding carboxylic acids is 1. The molecule has 5 nitrogen and oxygen atoms in total. The van der Waals surface area contributed by atoms with E-state index in [-0.39, 0.29) is 5.91 Å². The molecule has 0 aromatic carbocycles. The fraction of sp³-hybridized carbons (Fsp3) is 0.692. The van der Waals surface area contributed by atoms with Crippen LogP contribution in [0.3, 0.4) is 0 Å². The van der Waals surface area contributed by atoms with Gasteiger partial charge in [0.1, 0.15) is 0 Å². The van der Waals surface area contributed by atoms with Gasteiger partial charge in [0.15, 0.2) is 5.69 Å². The van der Waals surface area contributed by atoms with Crippen molar-refractivity contribution in [1.29, 1.82) is 0 Å². The highest BCUT2D eigenvalue weighted by Gasteiger charge is 2.24. The highest BCUT2D eigenvalue weighted by Crippen LogP contribution is 2.17. The minimum Gasteiger partial charge on any atom is -0.340 e. The van der Waals surface area contributed by atoms with E-state index < -0.39 is 0 Å². The zero-order valence-corrected chi connectivity index (χ0v) is 11.4. The number of H-pyrrole nitrogens is 1. The number of hydrogen-bond acceptors (Lipinski definition) is 3. The van der Waals surface area contributed by atoms with Crippen LogP contribution in [0.5, 0.6) is 0 Å². The normalized spacial score (nSPS) is 16.2. The number of fused-ring (bicyclic) bond motifs is 1. The third-order valence-electron chi connectivity index (χ3n) is 3.64. The van der Waals surface area contributed by atoms with Gasteiger partial charge in [-0.2, -0.15) is 5.10 Å². The molecule has 1 aliphatic heterocycles. The van der Waals surface area contributed by atoms with Crippen molar-refractivity contribution in [2.45, 2.75) is 33.2 Å². The topological polar surface area (TPSA) is 61.0 Å². The Morgan fingerprint density at radius 2 is 2.33 bits per heavy atom. The molecule has 2 rings (SSSR count). The highest BCUT2D eigenvalue weighted by molar-refractivity contribution is 5.93. The first-order valence-corrected chi connectivity index (χ1v) is 6.65. The molecule has 18 heavy (non-hydrogen) atoms. The summed E-state index contributed by atoms with van der Waals surface area (Å²) in [6, 6.07) is 0. The number of aromatic amines is 1. The van der Waals surface area contributed by atoms with E-state index in [4.69, 9.17) is 0 Å². The molecule has 2 N–H and O–H groups in total. The second-order valence-electron chi connectivity index (χ2n) is 5.16. The van der Waals surface area contributed by atoms with E-state index in [1.54, 1.807) is 4.90 Å². The van der Waals surface area contributed by atoms with Gasteiger partial charge in [0.2, 0.25) is 0 Å². The molecule has 0 radical (unpaired) electrons. The van der Waals surface area contributed by atoms with Crippen LogP contribution in [-0.2, 0) is 13.0 Å². The Morgan fingerprint density at radius 1 is 1.56 bits per heavy atom. The summed E-state index contributed by atoms with van der Waals surface area (Å²) in [7, 11) is 1.85. The van der Waals surface area contributed by atoms with Crippen LogP contribution in [0.15, 0.2) is 0 Å². The predicted octanol–water partition coefficient (Wildman–Crippen LogP) is 1.17. The van der Waals surface area contributed by atoms with E-state index in [0.29, 0.717) is 11.6 Å². The Balaban J connectivity index is 2.11. The molecule has 1 aromatic rings. The predicted molar refractivity (Wildman–Crippen MR) is 70.4 cm³/mol. The minimum absolute atomic E-state index is 0.0245. The summed E-state index contributed by atoms with van der Waals surface area (Å²) >= 11 is 0. The monoisotopic (exact) mass is 250 g/mol. The first kappa shape index (κ1) is 13.1. The van der Waals surface area contributed by atoms with Crippen LogP contribution in [0.25, 0.3) is 0 Å². The third-order valence-corrected chi connectivity index (χ3v) is 3.64. The molecule has 0 spiro atoms. The van der Waals surface area contributed by atoms with E-state index in [0.717, 1.165) is 43.7 Å². The van der Waals surface area contributed by atoms with Crippen molar-refractivity contribution in [3.05, 3.63) is 17.0 Å². The van der Waals surface area contributed by atoms with Crippen molar-refractivity contribution in [2.24, 2.45) is 5.92 Å². The first-order valence-electron chi connectivity index (χ1n) is 6.65. The number of carbonyl (C=O) groups is 1.